The highest BCUT2D eigenvalue weighted by Crippen LogP contribution is 2.21. The first-order valence-corrected chi connectivity index (χ1v) is 4.70. The topological polar surface area (TPSA) is 52.3 Å². The van der Waals surface area contributed by atoms with Gasteiger partial charge in [-0.25, -0.2) is 9.78 Å². The number of fused-ring (bicyclic) bond motifs is 1. The monoisotopic (exact) mass is 205 g/mol. The number of rotatable bonds is 2. The molecule has 0 saturated heterocycles. The minimum atomic E-state index is -0.348. The predicted molar refractivity (Wildman–Crippen MR) is 56.2 cm³/mol. The van der Waals surface area contributed by atoms with Crippen LogP contribution in [0.1, 0.15) is 12.5 Å². The first-order valence-electron chi connectivity index (χ1n) is 4.70. The molecule has 0 atom stereocenters. The second-order valence-electron chi connectivity index (χ2n) is 3.17. The maximum atomic E-state index is 11.5. The molecular weight excluding hydrogens is 194 g/mol. The summed E-state index contributed by atoms with van der Waals surface area (Å²) in [6.45, 7) is 1.97. The van der Waals surface area contributed by atoms with Gasteiger partial charge >= 0.3 is 5.63 Å². The summed E-state index contributed by atoms with van der Waals surface area (Å²) in [7, 11) is 1.59. The SMILES string of the molecule is CCc1cc(OC)cc2ncoc(=O)c12. The Balaban J connectivity index is 2.87. The van der Waals surface area contributed by atoms with E-state index >= 15 is 0 Å². The molecule has 0 unspecified atom stereocenters. The number of aromatic nitrogens is 1. The van der Waals surface area contributed by atoms with Crippen LogP contribution in [0.4, 0.5) is 0 Å². The van der Waals surface area contributed by atoms with Crippen LogP contribution in [0, 0.1) is 0 Å². The second kappa shape index (κ2) is 3.73. The summed E-state index contributed by atoms with van der Waals surface area (Å²) in [6.07, 6.45) is 1.90. The van der Waals surface area contributed by atoms with Crippen LogP contribution in [0.3, 0.4) is 0 Å². The lowest BCUT2D eigenvalue weighted by Gasteiger charge is -2.05. The maximum Gasteiger partial charge on any atom is 0.346 e. The van der Waals surface area contributed by atoms with Gasteiger partial charge in [0.05, 0.1) is 18.0 Å². The lowest BCUT2D eigenvalue weighted by atomic mass is 10.1. The van der Waals surface area contributed by atoms with Gasteiger partial charge in [0.2, 0.25) is 0 Å². The van der Waals surface area contributed by atoms with Crippen molar-refractivity contribution < 1.29 is 9.15 Å². The third-order valence-electron chi connectivity index (χ3n) is 2.34. The molecule has 4 nitrogen and oxygen atoms in total. The third-order valence-corrected chi connectivity index (χ3v) is 2.34. The van der Waals surface area contributed by atoms with Crippen LogP contribution in [-0.2, 0) is 6.42 Å². The molecule has 2 rings (SSSR count). The van der Waals surface area contributed by atoms with E-state index in [2.05, 4.69) is 4.98 Å². The van der Waals surface area contributed by atoms with Crippen LogP contribution in [0.25, 0.3) is 10.9 Å². The van der Waals surface area contributed by atoms with E-state index in [0.29, 0.717) is 16.7 Å². The molecule has 0 aliphatic rings. The number of nitrogens with zero attached hydrogens (tertiary/aromatic N) is 1. The summed E-state index contributed by atoms with van der Waals surface area (Å²) in [5, 5.41) is 0.542. The Bertz CT molecular complexity index is 545. The standard InChI is InChI=1S/C11H11NO3/c1-3-7-4-8(14-2)5-9-10(7)11(13)15-6-12-9/h4-6H,3H2,1-2H3. The Morgan fingerprint density at radius 3 is 2.93 bits per heavy atom. The van der Waals surface area contributed by atoms with Crippen LogP contribution in [0.15, 0.2) is 27.7 Å². The first-order chi connectivity index (χ1) is 7.26. The highest BCUT2D eigenvalue weighted by molar-refractivity contribution is 5.82. The molecule has 0 bridgehead atoms. The zero-order chi connectivity index (χ0) is 10.8. The van der Waals surface area contributed by atoms with E-state index in [9.17, 15) is 4.79 Å². The number of methoxy groups -OCH3 is 1. The fourth-order valence-electron chi connectivity index (χ4n) is 1.58. The minimum absolute atomic E-state index is 0.348. The van der Waals surface area contributed by atoms with Crippen molar-refractivity contribution in [2.75, 3.05) is 7.11 Å². The van der Waals surface area contributed by atoms with E-state index in [4.69, 9.17) is 9.15 Å². The summed E-state index contributed by atoms with van der Waals surface area (Å²) in [4.78, 5) is 15.5. The smallest absolute Gasteiger partial charge is 0.346 e. The highest BCUT2D eigenvalue weighted by atomic mass is 16.5. The number of aryl methyl sites for hydroxylation is 1. The van der Waals surface area contributed by atoms with Gasteiger partial charge in [-0.05, 0) is 18.1 Å². The molecule has 15 heavy (non-hydrogen) atoms. The van der Waals surface area contributed by atoms with Crippen LogP contribution in [0.5, 0.6) is 5.75 Å². The van der Waals surface area contributed by atoms with Crippen molar-refractivity contribution in [1.29, 1.82) is 0 Å². The van der Waals surface area contributed by atoms with E-state index in [-0.39, 0.29) is 5.63 Å². The summed E-state index contributed by atoms with van der Waals surface area (Å²) in [5.41, 5.74) is 1.16. The number of ether oxygens (including phenoxy) is 1. The zero-order valence-electron chi connectivity index (χ0n) is 8.61. The predicted octanol–water partition coefficient (Wildman–Crippen LogP) is 1.76. The molecule has 2 aromatic rings. The van der Waals surface area contributed by atoms with Crippen molar-refractivity contribution >= 4 is 10.9 Å². The fourth-order valence-corrected chi connectivity index (χ4v) is 1.58. The van der Waals surface area contributed by atoms with Gasteiger partial charge < -0.3 is 9.15 Å². The molecule has 0 aliphatic heterocycles. The van der Waals surface area contributed by atoms with E-state index < -0.39 is 0 Å². The molecule has 1 aromatic carbocycles. The average Bonchev–Trinajstić information content (AvgIpc) is 2.27. The molecule has 0 fully saturated rings. The van der Waals surface area contributed by atoms with Gasteiger partial charge in [0.15, 0.2) is 6.39 Å². The Morgan fingerprint density at radius 1 is 1.47 bits per heavy atom. The van der Waals surface area contributed by atoms with Crippen molar-refractivity contribution in [2.45, 2.75) is 13.3 Å². The average molecular weight is 205 g/mol. The van der Waals surface area contributed by atoms with Gasteiger partial charge in [-0.1, -0.05) is 6.92 Å². The molecule has 0 N–H and O–H groups in total. The van der Waals surface area contributed by atoms with Crippen LogP contribution in [-0.4, -0.2) is 12.1 Å². The summed E-state index contributed by atoms with van der Waals surface area (Å²) >= 11 is 0. The van der Waals surface area contributed by atoms with E-state index in [1.54, 1.807) is 13.2 Å². The van der Waals surface area contributed by atoms with Gasteiger partial charge in [-0.2, -0.15) is 0 Å². The summed E-state index contributed by atoms with van der Waals surface area (Å²) < 4.78 is 9.88. The number of hydrogen-bond acceptors (Lipinski definition) is 4. The van der Waals surface area contributed by atoms with E-state index in [1.807, 2.05) is 13.0 Å². The van der Waals surface area contributed by atoms with E-state index in [1.165, 1.54) is 0 Å². The van der Waals surface area contributed by atoms with Crippen molar-refractivity contribution in [2.24, 2.45) is 0 Å². The third kappa shape index (κ3) is 1.58. The lowest BCUT2D eigenvalue weighted by Crippen LogP contribution is -2.04. The molecule has 78 valence electrons. The van der Waals surface area contributed by atoms with Crippen molar-refractivity contribution in [1.82, 2.24) is 4.98 Å². The van der Waals surface area contributed by atoms with Crippen molar-refractivity contribution in [3.63, 3.8) is 0 Å². The molecular formula is C11H11NO3. The summed E-state index contributed by atoms with van der Waals surface area (Å²) in [6, 6.07) is 3.56. The van der Waals surface area contributed by atoms with Crippen LogP contribution in [0.2, 0.25) is 0 Å². The Hall–Kier alpha value is -1.84. The van der Waals surface area contributed by atoms with Gasteiger partial charge in [-0.3, -0.25) is 0 Å². The normalized spacial score (nSPS) is 10.5. The van der Waals surface area contributed by atoms with E-state index in [0.717, 1.165) is 18.4 Å². The molecule has 0 saturated carbocycles. The highest BCUT2D eigenvalue weighted by Gasteiger charge is 2.08. The van der Waals surface area contributed by atoms with Crippen LogP contribution >= 0.6 is 0 Å². The van der Waals surface area contributed by atoms with Gasteiger partial charge in [0, 0.05) is 6.07 Å². The lowest BCUT2D eigenvalue weighted by molar-refractivity contribution is 0.414. The van der Waals surface area contributed by atoms with Gasteiger partial charge in [0.1, 0.15) is 5.75 Å². The molecule has 0 spiro atoms. The molecule has 4 heteroatoms. The summed E-state index contributed by atoms with van der Waals surface area (Å²) in [5.74, 6) is 0.706. The van der Waals surface area contributed by atoms with Crippen LogP contribution < -0.4 is 10.4 Å². The van der Waals surface area contributed by atoms with Gasteiger partial charge in [0.25, 0.3) is 0 Å². The van der Waals surface area contributed by atoms with Crippen molar-refractivity contribution in [3.8, 4) is 5.75 Å². The second-order valence-corrected chi connectivity index (χ2v) is 3.17. The Labute approximate surface area is 86.5 Å². The molecule has 0 radical (unpaired) electrons. The largest absolute Gasteiger partial charge is 0.497 e. The number of benzene rings is 1. The fraction of sp³-hybridized carbons (Fsp3) is 0.273. The van der Waals surface area contributed by atoms with Crippen molar-refractivity contribution in [3.05, 3.63) is 34.5 Å². The molecule has 0 amide bonds. The molecule has 1 aromatic heterocycles. The molecule has 1 heterocycles. The maximum absolute atomic E-state index is 11.5. The minimum Gasteiger partial charge on any atom is -0.497 e. The first kappa shape index (κ1) is 9.71. The Kier molecular flexibility index (Phi) is 2.41. The number of hydrogen-bond donors (Lipinski definition) is 0. The Morgan fingerprint density at radius 2 is 2.27 bits per heavy atom. The zero-order valence-corrected chi connectivity index (χ0v) is 8.61. The molecule has 0 aliphatic carbocycles. The quantitative estimate of drug-likeness (QED) is 0.749. The van der Waals surface area contributed by atoms with Gasteiger partial charge in [-0.15, -0.1) is 0 Å².